The monoisotopic (exact) mass is 443 g/mol. The number of ether oxygens (including phenoxy) is 1. The maximum Gasteiger partial charge on any atom is 0.338 e. The first-order valence-corrected chi connectivity index (χ1v) is 11.4. The van der Waals surface area contributed by atoms with E-state index in [1.165, 1.54) is 0 Å². The van der Waals surface area contributed by atoms with Crippen LogP contribution in [0, 0.1) is 0 Å². The first-order chi connectivity index (χ1) is 15.7. The van der Waals surface area contributed by atoms with Crippen LogP contribution in [0.1, 0.15) is 28.6 Å². The molecule has 160 valence electrons. The predicted molar refractivity (Wildman–Crippen MR) is 125 cm³/mol. The van der Waals surface area contributed by atoms with Crippen LogP contribution in [0.3, 0.4) is 0 Å². The zero-order chi connectivity index (χ0) is 21.9. The molecule has 5 rings (SSSR count). The molecule has 6 nitrogen and oxygen atoms in total. The Hall–Kier alpha value is -3.58. The molecule has 0 aliphatic heterocycles. The van der Waals surface area contributed by atoms with Crippen LogP contribution in [0.5, 0.6) is 0 Å². The number of furan rings is 1. The number of carbonyl (C=O) groups excluding carboxylic acids is 1. The van der Waals surface area contributed by atoms with Gasteiger partial charge in [-0.1, -0.05) is 36.0 Å². The molecule has 0 saturated carbocycles. The number of rotatable bonds is 7. The number of benzene rings is 2. The molecule has 0 N–H and O–H groups in total. The molecule has 0 atom stereocenters. The van der Waals surface area contributed by atoms with E-state index in [1.54, 1.807) is 37.1 Å². The molecule has 0 unspecified atom stereocenters. The molecule has 0 aliphatic carbocycles. The Kier molecular flexibility index (Phi) is 5.64. The van der Waals surface area contributed by atoms with Crippen molar-refractivity contribution in [1.82, 2.24) is 14.5 Å². The summed E-state index contributed by atoms with van der Waals surface area (Å²) >= 11 is 1.64. The Morgan fingerprint density at radius 2 is 2.03 bits per heavy atom. The number of aromatic nitrogens is 3. The van der Waals surface area contributed by atoms with E-state index >= 15 is 0 Å². The average molecular weight is 444 g/mol. The summed E-state index contributed by atoms with van der Waals surface area (Å²) in [5.74, 6) is 1.22. The minimum atomic E-state index is -0.342. The number of nitrogens with zero attached hydrogens (tertiary/aromatic N) is 3. The molecule has 0 saturated heterocycles. The summed E-state index contributed by atoms with van der Waals surface area (Å²) in [6, 6.07) is 19.5. The van der Waals surface area contributed by atoms with Gasteiger partial charge >= 0.3 is 5.97 Å². The predicted octanol–water partition coefficient (Wildman–Crippen LogP) is 5.69. The molecule has 0 spiro atoms. The van der Waals surface area contributed by atoms with Crippen molar-refractivity contribution in [3.05, 3.63) is 90.0 Å². The lowest BCUT2D eigenvalue weighted by Gasteiger charge is -2.09. The Morgan fingerprint density at radius 1 is 1.12 bits per heavy atom. The third-order valence-electron chi connectivity index (χ3n) is 5.19. The van der Waals surface area contributed by atoms with Crippen molar-refractivity contribution in [1.29, 1.82) is 0 Å². The summed E-state index contributed by atoms with van der Waals surface area (Å²) in [6.07, 6.45) is 3.49. The summed E-state index contributed by atoms with van der Waals surface area (Å²) in [7, 11) is 0. The van der Waals surface area contributed by atoms with Crippen LogP contribution in [-0.4, -0.2) is 27.1 Å². The zero-order valence-electron chi connectivity index (χ0n) is 17.5. The molecule has 3 heterocycles. The number of hydrogen-bond acceptors (Lipinski definition) is 6. The number of hydrogen-bond donors (Lipinski definition) is 0. The van der Waals surface area contributed by atoms with Crippen LogP contribution in [0.2, 0.25) is 0 Å². The fourth-order valence-corrected chi connectivity index (χ4v) is 4.70. The number of para-hydroxylation sites is 1. The van der Waals surface area contributed by atoms with Crippen LogP contribution >= 0.6 is 11.8 Å². The highest BCUT2D eigenvalue weighted by molar-refractivity contribution is 7.98. The van der Waals surface area contributed by atoms with E-state index in [4.69, 9.17) is 14.1 Å². The number of fused-ring (bicyclic) bond motifs is 2. The smallest absolute Gasteiger partial charge is 0.338 e. The van der Waals surface area contributed by atoms with Crippen molar-refractivity contribution in [2.75, 3.05) is 6.61 Å². The normalized spacial score (nSPS) is 11.3. The highest BCUT2D eigenvalue weighted by Gasteiger charge is 2.16. The zero-order valence-corrected chi connectivity index (χ0v) is 18.3. The van der Waals surface area contributed by atoms with E-state index in [1.807, 2.05) is 30.5 Å². The van der Waals surface area contributed by atoms with E-state index < -0.39 is 0 Å². The van der Waals surface area contributed by atoms with Gasteiger partial charge in [-0.15, -0.1) is 0 Å². The van der Waals surface area contributed by atoms with E-state index in [0.717, 1.165) is 44.2 Å². The van der Waals surface area contributed by atoms with Crippen LogP contribution in [0.15, 0.2) is 82.7 Å². The second-order valence-corrected chi connectivity index (χ2v) is 8.21. The summed E-state index contributed by atoms with van der Waals surface area (Å²) < 4.78 is 12.8. The Labute approximate surface area is 189 Å². The number of carbonyl (C=O) groups is 1. The maximum absolute atomic E-state index is 12.2. The van der Waals surface area contributed by atoms with Gasteiger partial charge in [-0.25, -0.2) is 9.78 Å². The van der Waals surface area contributed by atoms with Gasteiger partial charge in [-0.05, 0) is 48.9 Å². The average Bonchev–Trinajstić information content (AvgIpc) is 3.46. The summed E-state index contributed by atoms with van der Waals surface area (Å²) in [4.78, 5) is 21.6. The fourth-order valence-electron chi connectivity index (χ4n) is 3.70. The molecule has 0 aliphatic rings. The van der Waals surface area contributed by atoms with Crippen LogP contribution in [0.4, 0.5) is 0 Å². The number of imidazole rings is 1. The van der Waals surface area contributed by atoms with Gasteiger partial charge in [-0.3, -0.25) is 4.98 Å². The van der Waals surface area contributed by atoms with Gasteiger partial charge in [0.05, 0.1) is 41.5 Å². The molecule has 0 bridgehead atoms. The summed E-state index contributed by atoms with van der Waals surface area (Å²) in [6.45, 7) is 2.69. The van der Waals surface area contributed by atoms with Crippen molar-refractivity contribution >= 4 is 39.7 Å². The van der Waals surface area contributed by atoms with Gasteiger partial charge in [0.15, 0.2) is 5.16 Å². The Bertz CT molecular complexity index is 1390. The lowest BCUT2D eigenvalue weighted by Crippen LogP contribution is -2.04. The Balaban J connectivity index is 1.51. The fraction of sp³-hybridized carbons (Fsp3) is 0.160. The van der Waals surface area contributed by atoms with Crippen molar-refractivity contribution < 1.29 is 13.9 Å². The SMILES string of the molecule is CCOC(=O)c1ccc2c(c1)nc(SCc1cccc3cccnc13)n2Cc1ccco1. The minimum Gasteiger partial charge on any atom is -0.467 e. The van der Waals surface area contributed by atoms with E-state index in [2.05, 4.69) is 33.8 Å². The van der Waals surface area contributed by atoms with Crippen LogP contribution in [0.25, 0.3) is 21.9 Å². The van der Waals surface area contributed by atoms with Gasteiger partial charge < -0.3 is 13.7 Å². The van der Waals surface area contributed by atoms with Crippen molar-refractivity contribution in [3.63, 3.8) is 0 Å². The molecular weight excluding hydrogens is 422 g/mol. The molecular formula is C25H21N3O3S. The van der Waals surface area contributed by atoms with E-state index in [-0.39, 0.29) is 5.97 Å². The lowest BCUT2D eigenvalue weighted by atomic mass is 10.1. The summed E-state index contributed by atoms with van der Waals surface area (Å²) in [5.41, 5.74) is 4.34. The van der Waals surface area contributed by atoms with Crippen molar-refractivity contribution in [2.24, 2.45) is 0 Å². The first-order valence-electron chi connectivity index (χ1n) is 10.4. The molecule has 3 aromatic heterocycles. The third-order valence-corrected chi connectivity index (χ3v) is 6.22. The molecule has 32 heavy (non-hydrogen) atoms. The first kappa shape index (κ1) is 20.3. The highest BCUT2D eigenvalue weighted by Crippen LogP contribution is 2.30. The molecule has 0 fully saturated rings. The molecule has 7 heteroatoms. The number of esters is 1. The number of pyridine rings is 1. The Morgan fingerprint density at radius 3 is 2.88 bits per heavy atom. The second kappa shape index (κ2) is 8.88. The molecule has 0 radical (unpaired) electrons. The van der Waals surface area contributed by atoms with E-state index in [9.17, 15) is 4.79 Å². The van der Waals surface area contributed by atoms with Gasteiger partial charge in [0.25, 0.3) is 0 Å². The van der Waals surface area contributed by atoms with Gasteiger partial charge in [0.1, 0.15) is 5.76 Å². The van der Waals surface area contributed by atoms with E-state index in [0.29, 0.717) is 18.7 Å². The molecule has 5 aromatic rings. The van der Waals surface area contributed by atoms with Crippen molar-refractivity contribution in [2.45, 2.75) is 24.4 Å². The standard InChI is InChI=1S/C25H21N3O3S/c1-2-30-24(29)18-10-11-22-21(14-18)27-25(28(22)15-20-9-5-13-31-20)32-16-19-7-3-6-17-8-4-12-26-23(17)19/h3-14H,2,15-16H2,1H3. The molecule has 2 aromatic carbocycles. The topological polar surface area (TPSA) is 70.2 Å². The minimum absolute atomic E-state index is 0.337. The highest BCUT2D eigenvalue weighted by atomic mass is 32.2. The quantitative estimate of drug-likeness (QED) is 0.238. The van der Waals surface area contributed by atoms with Crippen LogP contribution in [-0.2, 0) is 17.0 Å². The number of thioether (sulfide) groups is 1. The summed E-state index contributed by atoms with van der Waals surface area (Å²) in [5, 5.41) is 1.97. The van der Waals surface area contributed by atoms with Crippen LogP contribution < -0.4 is 0 Å². The van der Waals surface area contributed by atoms with Gasteiger partial charge in [-0.2, -0.15) is 0 Å². The van der Waals surface area contributed by atoms with Gasteiger partial charge in [0, 0.05) is 17.3 Å². The third kappa shape index (κ3) is 3.99. The van der Waals surface area contributed by atoms with Gasteiger partial charge in [0.2, 0.25) is 0 Å². The second-order valence-electron chi connectivity index (χ2n) is 7.26. The lowest BCUT2D eigenvalue weighted by molar-refractivity contribution is 0.0526. The molecule has 0 amide bonds. The largest absolute Gasteiger partial charge is 0.467 e. The van der Waals surface area contributed by atoms with Crippen molar-refractivity contribution in [3.8, 4) is 0 Å². The maximum atomic E-state index is 12.2.